The fourth-order valence-corrected chi connectivity index (χ4v) is 3.41. The van der Waals surface area contributed by atoms with Crippen LogP contribution in [0.25, 0.3) is 10.6 Å². The van der Waals surface area contributed by atoms with Gasteiger partial charge in [0.05, 0.1) is 6.61 Å². The molecule has 2 aromatic rings. The topological polar surface area (TPSA) is 53.4 Å². The molecule has 5 heteroatoms. The van der Waals surface area contributed by atoms with Crippen LogP contribution in [0.15, 0.2) is 29.6 Å². The van der Waals surface area contributed by atoms with E-state index in [9.17, 15) is 4.79 Å². The predicted octanol–water partition coefficient (Wildman–Crippen LogP) is 3.53. The third-order valence-corrected chi connectivity index (χ3v) is 5.03. The first kappa shape index (κ1) is 16.1. The molecule has 1 heterocycles. The largest absolute Gasteiger partial charge is 0.395 e. The molecule has 0 aliphatic heterocycles. The van der Waals surface area contributed by atoms with E-state index in [2.05, 4.69) is 43.1 Å². The Balaban J connectivity index is 1.78. The highest BCUT2D eigenvalue weighted by Gasteiger charge is 2.33. The maximum Gasteiger partial charge on any atom is 0.273 e. The van der Waals surface area contributed by atoms with Crippen LogP contribution in [-0.2, 0) is 0 Å². The van der Waals surface area contributed by atoms with Gasteiger partial charge in [-0.15, -0.1) is 11.3 Å². The summed E-state index contributed by atoms with van der Waals surface area (Å²) in [5.41, 5.74) is 2.82. The van der Waals surface area contributed by atoms with Crippen LogP contribution in [0, 0.1) is 0 Å². The molecule has 23 heavy (non-hydrogen) atoms. The SMILES string of the molecule is CC(C)c1ccc(-c2nc(C(=O)N(CCO)C3CC3)cs2)cc1. The smallest absolute Gasteiger partial charge is 0.273 e. The minimum atomic E-state index is -0.0668. The predicted molar refractivity (Wildman–Crippen MR) is 92.8 cm³/mol. The van der Waals surface area contributed by atoms with E-state index in [4.69, 9.17) is 5.11 Å². The number of amides is 1. The summed E-state index contributed by atoms with van der Waals surface area (Å²) in [6, 6.07) is 8.64. The Kier molecular flexibility index (Phi) is 4.78. The van der Waals surface area contributed by atoms with E-state index in [0.29, 0.717) is 18.2 Å². The van der Waals surface area contributed by atoms with Gasteiger partial charge in [0.2, 0.25) is 0 Å². The lowest BCUT2D eigenvalue weighted by atomic mass is 10.0. The molecule has 1 aliphatic carbocycles. The number of aromatic nitrogens is 1. The molecule has 3 rings (SSSR count). The van der Waals surface area contributed by atoms with Gasteiger partial charge in [0.1, 0.15) is 10.7 Å². The average molecular weight is 330 g/mol. The lowest BCUT2D eigenvalue weighted by Crippen LogP contribution is -2.35. The molecule has 0 atom stereocenters. The normalized spacial score (nSPS) is 14.3. The molecule has 1 saturated carbocycles. The highest BCUT2D eigenvalue weighted by Crippen LogP contribution is 2.30. The molecule has 1 aromatic heterocycles. The van der Waals surface area contributed by atoms with Crippen molar-refractivity contribution in [3.63, 3.8) is 0 Å². The Morgan fingerprint density at radius 1 is 1.35 bits per heavy atom. The van der Waals surface area contributed by atoms with Gasteiger partial charge in [0, 0.05) is 23.5 Å². The number of rotatable bonds is 6. The minimum absolute atomic E-state index is 0.00407. The summed E-state index contributed by atoms with van der Waals surface area (Å²) in [7, 11) is 0. The lowest BCUT2D eigenvalue weighted by molar-refractivity contribution is 0.0702. The van der Waals surface area contributed by atoms with Crippen LogP contribution in [0.2, 0.25) is 0 Å². The molecule has 0 bridgehead atoms. The number of carbonyl (C=O) groups excluding carboxylic acids is 1. The number of carbonyl (C=O) groups is 1. The standard InChI is InChI=1S/C18H22N2O2S/c1-12(2)13-3-5-14(6-4-13)17-19-16(11-23-17)18(22)20(9-10-21)15-7-8-15/h3-6,11-12,15,21H,7-10H2,1-2H3. The second-order valence-electron chi connectivity index (χ2n) is 6.27. The monoisotopic (exact) mass is 330 g/mol. The number of hydrogen-bond acceptors (Lipinski definition) is 4. The van der Waals surface area contributed by atoms with Crippen molar-refractivity contribution in [2.24, 2.45) is 0 Å². The first-order chi connectivity index (χ1) is 11.1. The lowest BCUT2D eigenvalue weighted by Gasteiger charge is -2.19. The van der Waals surface area contributed by atoms with Gasteiger partial charge in [0.25, 0.3) is 5.91 Å². The van der Waals surface area contributed by atoms with Crippen molar-refractivity contribution >= 4 is 17.2 Å². The molecule has 1 amide bonds. The summed E-state index contributed by atoms with van der Waals surface area (Å²) >= 11 is 1.49. The van der Waals surface area contributed by atoms with Crippen LogP contribution < -0.4 is 0 Å². The molecule has 1 aliphatic rings. The Bertz CT molecular complexity index is 675. The summed E-state index contributed by atoms with van der Waals surface area (Å²) in [5, 5.41) is 11.8. The molecule has 0 unspecified atom stereocenters. The van der Waals surface area contributed by atoms with E-state index >= 15 is 0 Å². The van der Waals surface area contributed by atoms with Crippen molar-refractivity contribution in [1.29, 1.82) is 0 Å². The number of thiazole rings is 1. The van der Waals surface area contributed by atoms with E-state index in [1.54, 1.807) is 4.90 Å². The van der Waals surface area contributed by atoms with Gasteiger partial charge in [0.15, 0.2) is 0 Å². The molecule has 1 fully saturated rings. The second-order valence-corrected chi connectivity index (χ2v) is 7.13. The first-order valence-corrected chi connectivity index (χ1v) is 8.95. The molecule has 0 spiro atoms. The van der Waals surface area contributed by atoms with Crippen LogP contribution in [0.3, 0.4) is 0 Å². The zero-order valence-corrected chi connectivity index (χ0v) is 14.3. The van der Waals surface area contributed by atoms with Gasteiger partial charge in [-0.05, 0) is 24.3 Å². The quantitative estimate of drug-likeness (QED) is 0.881. The molecule has 1 aromatic carbocycles. The van der Waals surface area contributed by atoms with Crippen LogP contribution >= 0.6 is 11.3 Å². The number of nitrogens with zero attached hydrogens (tertiary/aromatic N) is 2. The van der Waals surface area contributed by atoms with Gasteiger partial charge >= 0.3 is 0 Å². The van der Waals surface area contributed by atoms with Crippen LogP contribution in [0.5, 0.6) is 0 Å². The molecule has 0 radical (unpaired) electrons. The van der Waals surface area contributed by atoms with Gasteiger partial charge in [-0.2, -0.15) is 0 Å². The van der Waals surface area contributed by atoms with Crippen LogP contribution in [0.1, 0.15) is 48.7 Å². The molecule has 1 N–H and O–H groups in total. The van der Waals surface area contributed by atoms with Crippen molar-refractivity contribution < 1.29 is 9.90 Å². The van der Waals surface area contributed by atoms with Crippen molar-refractivity contribution in [2.75, 3.05) is 13.2 Å². The van der Waals surface area contributed by atoms with Crippen molar-refractivity contribution in [3.8, 4) is 10.6 Å². The van der Waals surface area contributed by atoms with E-state index in [-0.39, 0.29) is 18.6 Å². The summed E-state index contributed by atoms with van der Waals surface area (Å²) in [4.78, 5) is 18.8. The summed E-state index contributed by atoms with van der Waals surface area (Å²) in [6.45, 7) is 4.72. The molecular formula is C18H22N2O2S. The fourth-order valence-electron chi connectivity index (χ4n) is 2.61. The summed E-state index contributed by atoms with van der Waals surface area (Å²) in [6.07, 6.45) is 2.05. The Morgan fingerprint density at radius 3 is 2.61 bits per heavy atom. The Hall–Kier alpha value is -1.72. The zero-order chi connectivity index (χ0) is 16.4. The van der Waals surface area contributed by atoms with E-state index in [1.165, 1.54) is 16.9 Å². The van der Waals surface area contributed by atoms with Gasteiger partial charge in [-0.3, -0.25) is 4.79 Å². The first-order valence-electron chi connectivity index (χ1n) is 8.08. The van der Waals surface area contributed by atoms with Gasteiger partial charge < -0.3 is 10.0 Å². The number of benzene rings is 1. The summed E-state index contributed by atoms with van der Waals surface area (Å²) < 4.78 is 0. The summed E-state index contributed by atoms with van der Waals surface area (Å²) in [5.74, 6) is 0.436. The maximum absolute atomic E-state index is 12.6. The minimum Gasteiger partial charge on any atom is -0.395 e. The maximum atomic E-state index is 12.6. The Labute approximate surface area is 140 Å². The third kappa shape index (κ3) is 3.62. The van der Waals surface area contributed by atoms with Crippen molar-refractivity contribution in [3.05, 3.63) is 40.9 Å². The van der Waals surface area contributed by atoms with Crippen molar-refractivity contribution in [1.82, 2.24) is 9.88 Å². The van der Waals surface area contributed by atoms with E-state index in [1.807, 2.05) is 5.38 Å². The van der Waals surface area contributed by atoms with Gasteiger partial charge in [-0.1, -0.05) is 38.1 Å². The van der Waals surface area contributed by atoms with Gasteiger partial charge in [-0.25, -0.2) is 4.98 Å². The highest BCUT2D eigenvalue weighted by molar-refractivity contribution is 7.13. The number of hydrogen-bond donors (Lipinski definition) is 1. The van der Waals surface area contributed by atoms with Crippen LogP contribution in [0.4, 0.5) is 0 Å². The number of aliphatic hydroxyl groups excluding tert-OH is 1. The highest BCUT2D eigenvalue weighted by atomic mass is 32.1. The number of aliphatic hydroxyl groups is 1. The average Bonchev–Trinajstić information content (AvgIpc) is 3.27. The zero-order valence-electron chi connectivity index (χ0n) is 13.5. The molecule has 0 saturated heterocycles. The van der Waals surface area contributed by atoms with E-state index < -0.39 is 0 Å². The Morgan fingerprint density at radius 2 is 2.04 bits per heavy atom. The fraction of sp³-hybridized carbons (Fsp3) is 0.444. The van der Waals surface area contributed by atoms with Crippen LogP contribution in [-0.4, -0.2) is 40.1 Å². The van der Waals surface area contributed by atoms with Crippen molar-refractivity contribution in [2.45, 2.75) is 38.6 Å². The third-order valence-electron chi connectivity index (χ3n) is 4.14. The molecule has 4 nitrogen and oxygen atoms in total. The second kappa shape index (κ2) is 6.81. The van der Waals surface area contributed by atoms with E-state index in [0.717, 1.165) is 23.4 Å². The molecular weight excluding hydrogens is 308 g/mol. The molecule has 122 valence electrons.